The molecule has 0 bridgehead atoms. The summed E-state index contributed by atoms with van der Waals surface area (Å²) < 4.78 is 2.59. The number of carbonyl (C=O) groups is 2. The normalized spacial score (nSPS) is 10.7. The summed E-state index contributed by atoms with van der Waals surface area (Å²) >= 11 is 4.57. The van der Waals surface area contributed by atoms with Crippen LogP contribution < -0.4 is 10.9 Å². The maximum absolute atomic E-state index is 12.1. The smallest absolute Gasteiger partial charge is 0.267 e. The van der Waals surface area contributed by atoms with Crippen molar-refractivity contribution >= 4 is 50.1 Å². The van der Waals surface area contributed by atoms with Crippen LogP contribution in [-0.2, 0) is 6.54 Å². The summed E-state index contributed by atoms with van der Waals surface area (Å²) in [6.07, 6.45) is 0. The summed E-state index contributed by atoms with van der Waals surface area (Å²) in [5.41, 5.74) is 6.66. The van der Waals surface area contributed by atoms with Crippen molar-refractivity contribution in [2.75, 3.05) is 0 Å². The van der Waals surface area contributed by atoms with Gasteiger partial charge in [-0.3, -0.25) is 20.4 Å². The molecule has 0 atom stereocenters. The van der Waals surface area contributed by atoms with E-state index in [-0.39, 0.29) is 5.91 Å². The lowest BCUT2D eigenvalue weighted by atomic mass is 10.2. The Labute approximate surface area is 143 Å². The summed E-state index contributed by atoms with van der Waals surface area (Å²) in [5.74, 6) is -0.783. The number of benzene rings is 1. The number of thiophene rings is 1. The average molecular weight is 394 g/mol. The van der Waals surface area contributed by atoms with Crippen LogP contribution in [0.3, 0.4) is 0 Å². The molecule has 2 heterocycles. The molecule has 2 aromatic heterocycles. The van der Waals surface area contributed by atoms with Gasteiger partial charge < -0.3 is 0 Å². The lowest BCUT2D eigenvalue weighted by molar-refractivity contribution is 0.0849. The Kier molecular flexibility index (Phi) is 4.39. The zero-order chi connectivity index (χ0) is 16.4. The second kappa shape index (κ2) is 6.47. The van der Waals surface area contributed by atoms with Gasteiger partial charge in [-0.15, -0.1) is 16.4 Å². The first kappa shape index (κ1) is 15.6. The average Bonchev–Trinajstić information content (AvgIpc) is 3.17. The van der Waals surface area contributed by atoms with Crippen molar-refractivity contribution in [3.05, 3.63) is 44.6 Å². The van der Waals surface area contributed by atoms with Crippen LogP contribution in [0.2, 0.25) is 0 Å². The molecule has 0 aliphatic heterocycles. The zero-order valence-corrected chi connectivity index (χ0v) is 14.4. The highest BCUT2D eigenvalue weighted by Crippen LogP contribution is 2.21. The standard InChI is InChI=1S/C14H12BrN5O2S/c1-2-20-10-4-3-8(7-9(10)16-19-20)13(21)17-18-14(22)11-5-6-12(15)23-11/h3-7H,2H2,1H3,(H,17,21)(H,18,22). The molecular formula is C14H12BrN5O2S. The number of amides is 2. The van der Waals surface area contributed by atoms with Gasteiger partial charge in [0.15, 0.2) is 0 Å². The molecule has 23 heavy (non-hydrogen) atoms. The van der Waals surface area contributed by atoms with Crippen LogP contribution in [0.1, 0.15) is 27.0 Å². The molecule has 2 N–H and O–H groups in total. The monoisotopic (exact) mass is 393 g/mol. The van der Waals surface area contributed by atoms with E-state index in [2.05, 4.69) is 37.1 Å². The number of hydrogen-bond donors (Lipinski definition) is 2. The molecule has 0 saturated carbocycles. The van der Waals surface area contributed by atoms with E-state index in [0.717, 1.165) is 9.30 Å². The number of aryl methyl sites for hydroxylation is 1. The van der Waals surface area contributed by atoms with E-state index in [9.17, 15) is 9.59 Å². The number of hydrogen-bond acceptors (Lipinski definition) is 5. The summed E-state index contributed by atoms with van der Waals surface area (Å²) in [5, 5.41) is 8.01. The molecule has 7 nitrogen and oxygen atoms in total. The Morgan fingerprint density at radius 2 is 2.00 bits per heavy atom. The van der Waals surface area contributed by atoms with Crippen LogP contribution in [-0.4, -0.2) is 26.8 Å². The first-order valence-electron chi connectivity index (χ1n) is 6.77. The fraction of sp³-hybridized carbons (Fsp3) is 0.143. The fourth-order valence-corrected chi connectivity index (χ4v) is 3.31. The third-order valence-electron chi connectivity index (χ3n) is 3.16. The van der Waals surface area contributed by atoms with Crippen LogP contribution in [0.25, 0.3) is 11.0 Å². The minimum absolute atomic E-state index is 0.368. The van der Waals surface area contributed by atoms with Crippen LogP contribution in [0.4, 0.5) is 0 Å². The highest BCUT2D eigenvalue weighted by Gasteiger charge is 2.12. The molecule has 0 unspecified atom stereocenters. The van der Waals surface area contributed by atoms with Crippen LogP contribution >= 0.6 is 27.3 Å². The number of aromatic nitrogens is 3. The molecule has 0 radical (unpaired) electrons. The van der Waals surface area contributed by atoms with Gasteiger partial charge in [-0.2, -0.15) is 0 Å². The Morgan fingerprint density at radius 1 is 1.22 bits per heavy atom. The predicted octanol–water partition coefficient (Wildman–Crippen LogP) is 2.35. The molecule has 3 aromatic rings. The van der Waals surface area contributed by atoms with Crippen molar-refractivity contribution in [2.45, 2.75) is 13.5 Å². The number of nitrogens with zero attached hydrogens (tertiary/aromatic N) is 3. The summed E-state index contributed by atoms with van der Waals surface area (Å²) in [7, 11) is 0. The molecule has 0 spiro atoms. The second-order valence-corrected chi connectivity index (χ2v) is 7.08. The van der Waals surface area contributed by atoms with E-state index < -0.39 is 5.91 Å². The van der Waals surface area contributed by atoms with E-state index in [1.54, 1.807) is 35.0 Å². The van der Waals surface area contributed by atoms with Crippen LogP contribution in [0, 0.1) is 0 Å². The van der Waals surface area contributed by atoms with Crippen molar-refractivity contribution < 1.29 is 9.59 Å². The highest BCUT2D eigenvalue weighted by atomic mass is 79.9. The number of nitrogens with one attached hydrogen (secondary N) is 2. The number of carbonyl (C=O) groups excluding carboxylic acids is 2. The van der Waals surface area contributed by atoms with Crippen LogP contribution in [0.15, 0.2) is 34.1 Å². The Hall–Kier alpha value is -2.26. The van der Waals surface area contributed by atoms with E-state index in [4.69, 9.17) is 0 Å². The van der Waals surface area contributed by atoms with E-state index in [1.165, 1.54) is 11.3 Å². The SMILES string of the molecule is CCn1nnc2cc(C(=O)NNC(=O)c3ccc(Br)s3)ccc21. The van der Waals surface area contributed by atoms with E-state index >= 15 is 0 Å². The van der Waals surface area contributed by atoms with Gasteiger partial charge in [0.05, 0.1) is 14.2 Å². The Bertz CT molecular complexity index is 888. The number of rotatable bonds is 3. The third-order valence-corrected chi connectivity index (χ3v) is 4.78. The second-order valence-electron chi connectivity index (χ2n) is 4.62. The first-order chi connectivity index (χ1) is 11.1. The molecular weight excluding hydrogens is 382 g/mol. The molecule has 0 saturated heterocycles. The summed E-state index contributed by atoms with van der Waals surface area (Å²) in [6, 6.07) is 8.53. The quantitative estimate of drug-likeness (QED) is 0.668. The molecule has 0 aliphatic carbocycles. The van der Waals surface area contributed by atoms with Crippen molar-refractivity contribution in [3.8, 4) is 0 Å². The van der Waals surface area contributed by atoms with Crippen molar-refractivity contribution in [2.24, 2.45) is 0 Å². The van der Waals surface area contributed by atoms with Gasteiger partial charge in [-0.1, -0.05) is 5.21 Å². The molecule has 9 heteroatoms. The number of hydrazine groups is 1. The largest absolute Gasteiger partial charge is 0.279 e. The highest BCUT2D eigenvalue weighted by molar-refractivity contribution is 9.11. The van der Waals surface area contributed by atoms with Crippen molar-refractivity contribution in [1.82, 2.24) is 25.8 Å². The molecule has 1 aromatic carbocycles. The molecule has 0 fully saturated rings. The molecule has 3 rings (SSSR count). The van der Waals surface area contributed by atoms with E-state index in [0.29, 0.717) is 22.5 Å². The van der Waals surface area contributed by atoms with Crippen molar-refractivity contribution in [1.29, 1.82) is 0 Å². The minimum Gasteiger partial charge on any atom is -0.267 e. The zero-order valence-electron chi connectivity index (χ0n) is 12.0. The maximum atomic E-state index is 12.1. The first-order valence-corrected chi connectivity index (χ1v) is 8.38. The van der Waals surface area contributed by atoms with Gasteiger partial charge in [0.25, 0.3) is 11.8 Å². The number of halogens is 1. The molecule has 2 amide bonds. The van der Waals surface area contributed by atoms with Crippen LogP contribution in [0.5, 0.6) is 0 Å². The molecule has 118 valence electrons. The summed E-state index contributed by atoms with van der Waals surface area (Å²) in [4.78, 5) is 24.5. The van der Waals surface area contributed by atoms with Gasteiger partial charge in [-0.05, 0) is 53.2 Å². The van der Waals surface area contributed by atoms with Crippen molar-refractivity contribution in [3.63, 3.8) is 0 Å². The maximum Gasteiger partial charge on any atom is 0.279 e. The van der Waals surface area contributed by atoms with Gasteiger partial charge in [0.2, 0.25) is 0 Å². The predicted molar refractivity (Wildman–Crippen MR) is 90.2 cm³/mol. The Balaban J connectivity index is 1.69. The van der Waals surface area contributed by atoms with Gasteiger partial charge in [0, 0.05) is 12.1 Å². The molecule has 0 aliphatic rings. The van der Waals surface area contributed by atoms with Gasteiger partial charge in [0.1, 0.15) is 5.52 Å². The van der Waals surface area contributed by atoms with Gasteiger partial charge >= 0.3 is 0 Å². The minimum atomic E-state index is -0.415. The Morgan fingerprint density at radius 3 is 2.70 bits per heavy atom. The number of fused-ring (bicyclic) bond motifs is 1. The topological polar surface area (TPSA) is 88.9 Å². The third kappa shape index (κ3) is 3.25. The lowest BCUT2D eigenvalue weighted by Crippen LogP contribution is -2.41. The van der Waals surface area contributed by atoms with E-state index in [1.807, 2.05) is 6.92 Å². The van der Waals surface area contributed by atoms with Gasteiger partial charge in [-0.25, -0.2) is 4.68 Å². The lowest BCUT2D eigenvalue weighted by Gasteiger charge is -2.06. The fourth-order valence-electron chi connectivity index (χ4n) is 2.03. The summed E-state index contributed by atoms with van der Waals surface area (Å²) in [6.45, 7) is 2.67.